The molecule has 29 heavy (non-hydrogen) atoms. The van der Waals surface area contributed by atoms with Gasteiger partial charge in [-0.25, -0.2) is 4.99 Å². The van der Waals surface area contributed by atoms with E-state index >= 15 is 0 Å². The molecule has 0 spiro atoms. The van der Waals surface area contributed by atoms with Gasteiger partial charge in [0, 0.05) is 17.5 Å². The molecule has 3 heterocycles. The molecule has 1 N–H and O–H groups in total. The molecule has 0 aliphatic carbocycles. The van der Waals surface area contributed by atoms with Crippen molar-refractivity contribution in [2.24, 2.45) is 4.99 Å². The largest absolute Gasteiger partial charge is 0.494 e. The fourth-order valence-corrected chi connectivity index (χ4v) is 3.70. The van der Waals surface area contributed by atoms with Gasteiger partial charge in [-0.15, -0.1) is 0 Å². The van der Waals surface area contributed by atoms with Crippen LogP contribution < -0.4 is 0 Å². The highest BCUT2D eigenvalue weighted by Crippen LogP contribution is 2.25. The Morgan fingerprint density at radius 2 is 1.76 bits per heavy atom. The van der Waals surface area contributed by atoms with E-state index in [1.807, 2.05) is 24.3 Å². The molecule has 0 saturated heterocycles. The van der Waals surface area contributed by atoms with Crippen molar-refractivity contribution in [2.75, 3.05) is 7.11 Å². The summed E-state index contributed by atoms with van der Waals surface area (Å²) in [6.45, 7) is 2.27. The first-order valence-electron chi connectivity index (χ1n) is 11.1. The number of nitrogens with zero attached hydrogens (tertiary/aromatic N) is 1. The quantitative estimate of drug-likeness (QED) is 0.370. The molecule has 0 unspecified atom stereocenters. The lowest BCUT2D eigenvalue weighted by Crippen LogP contribution is -1.89. The monoisotopic (exact) mass is 394 g/mol. The number of H-pyrrole nitrogens is 1. The van der Waals surface area contributed by atoms with E-state index in [0.29, 0.717) is 0 Å². The third-order valence-electron chi connectivity index (χ3n) is 5.37. The maximum atomic E-state index is 5.49. The van der Waals surface area contributed by atoms with E-state index in [4.69, 9.17) is 9.15 Å². The van der Waals surface area contributed by atoms with E-state index < -0.39 is 0 Å². The van der Waals surface area contributed by atoms with Crippen molar-refractivity contribution in [1.29, 1.82) is 0 Å². The van der Waals surface area contributed by atoms with Crippen molar-refractivity contribution >= 4 is 11.8 Å². The second-order valence-corrected chi connectivity index (χ2v) is 7.73. The molecule has 0 radical (unpaired) electrons. The molecule has 0 amide bonds. The first-order valence-corrected chi connectivity index (χ1v) is 11.1. The van der Waals surface area contributed by atoms with Crippen molar-refractivity contribution in [3.05, 3.63) is 65.2 Å². The Kier molecular flexibility index (Phi) is 8.41. The van der Waals surface area contributed by atoms with Crippen LogP contribution in [-0.4, -0.2) is 17.8 Å². The Labute approximate surface area is 174 Å². The van der Waals surface area contributed by atoms with Gasteiger partial charge in [-0.1, -0.05) is 58.3 Å². The zero-order valence-corrected chi connectivity index (χ0v) is 17.9. The number of methoxy groups -OCH3 is 1. The number of unbranched alkanes of at least 4 members (excludes halogenated alkanes) is 8. The Balaban J connectivity index is 1.44. The summed E-state index contributed by atoms with van der Waals surface area (Å²) >= 11 is 0. The summed E-state index contributed by atoms with van der Waals surface area (Å²) in [5, 5.41) is 0. The summed E-state index contributed by atoms with van der Waals surface area (Å²) in [6, 6.07) is 8.07. The van der Waals surface area contributed by atoms with Crippen LogP contribution in [0.5, 0.6) is 0 Å². The molecule has 0 saturated carbocycles. The topological polar surface area (TPSA) is 50.5 Å². The molecule has 0 aromatic carbocycles. The predicted octanol–water partition coefficient (Wildman–Crippen LogP) is 7.06. The first-order chi connectivity index (χ1) is 14.3. The standard InChI is InChI=1S/C25H34N2O2/c1-3-4-5-6-7-8-9-10-11-13-20-15-16-21(26-20)18-22-25(28-2)19-23(27-22)24-14-12-17-29-24/h12,14-19,26H,3-11,13H2,1-2H3/b22-18-. The summed E-state index contributed by atoms with van der Waals surface area (Å²) < 4.78 is 10.9. The van der Waals surface area contributed by atoms with Gasteiger partial charge in [-0.05, 0) is 43.2 Å². The van der Waals surface area contributed by atoms with Crippen molar-refractivity contribution in [2.45, 2.75) is 71.1 Å². The van der Waals surface area contributed by atoms with E-state index in [1.54, 1.807) is 13.4 Å². The number of furan rings is 1. The number of allylic oxidation sites excluding steroid dienone is 1. The number of aromatic amines is 1. The van der Waals surface area contributed by atoms with Crippen LogP contribution in [0.25, 0.3) is 6.08 Å². The van der Waals surface area contributed by atoms with Crippen molar-refractivity contribution in [3.8, 4) is 0 Å². The maximum absolute atomic E-state index is 5.49. The van der Waals surface area contributed by atoms with Gasteiger partial charge in [0.05, 0.1) is 13.4 Å². The zero-order chi connectivity index (χ0) is 20.3. The second-order valence-electron chi connectivity index (χ2n) is 7.73. The number of aromatic nitrogens is 1. The number of hydrogen-bond donors (Lipinski definition) is 1. The van der Waals surface area contributed by atoms with Crippen molar-refractivity contribution < 1.29 is 9.15 Å². The predicted molar refractivity (Wildman–Crippen MR) is 120 cm³/mol. The Morgan fingerprint density at radius 3 is 2.45 bits per heavy atom. The van der Waals surface area contributed by atoms with E-state index in [9.17, 15) is 0 Å². The fourth-order valence-electron chi connectivity index (χ4n) is 3.70. The van der Waals surface area contributed by atoms with Crippen LogP contribution in [0.1, 0.15) is 81.9 Å². The number of aryl methyl sites for hydroxylation is 1. The molecule has 0 fully saturated rings. The normalized spacial score (nSPS) is 15.0. The van der Waals surface area contributed by atoms with Crippen LogP contribution in [0.4, 0.5) is 0 Å². The average Bonchev–Trinajstić information content (AvgIpc) is 3.48. The van der Waals surface area contributed by atoms with Gasteiger partial charge in [0.1, 0.15) is 17.2 Å². The van der Waals surface area contributed by atoms with E-state index in [1.165, 1.54) is 63.5 Å². The van der Waals surface area contributed by atoms with Gasteiger partial charge in [0.15, 0.2) is 5.76 Å². The SMILES string of the molecule is CCCCCCCCCCCc1ccc(/C=C2\N=C(c3ccco3)C=C2OC)[nH]1. The van der Waals surface area contributed by atoms with Gasteiger partial charge >= 0.3 is 0 Å². The highest BCUT2D eigenvalue weighted by Gasteiger charge is 2.18. The minimum Gasteiger partial charge on any atom is -0.494 e. The molecule has 2 aromatic rings. The lowest BCUT2D eigenvalue weighted by Gasteiger charge is -2.02. The number of nitrogens with one attached hydrogen (secondary N) is 1. The highest BCUT2D eigenvalue weighted by atomic mass is 16.5. The molecule has 4 heteroatoms. The molecule has 0 bridgehead atoms. The minimum absolute atomic E-state index is 0.750. The van der Waals surface area contributed by atoms with Gasteiger partial charge in [0.2, 0.25) is 0 Å². The third-order valence-corrected chi connectivity index (χ3v) is 5.37. The number of aliphatic imine (C=N–C) groups is 1. The third kappa shape index (κ3) is 6.52. The molecule has 3 rings (SSSR count). The van der Waals surface area contributed by atoms with Crippen LogP contribution in [0.15, 0.2) is 57.5 Å². The Morgan fingerprint density at radius 1 is 1.00 bits per heavy atom. The van der Waals surface area contributed by atoms with E-state index in [0.717, 1.165) is 35.0 Å². The lowest BCUT2D eigenvalue weighted by molar-refractivity contribution is 0.303. The molecule has 2 aromatic heterocycles. The van der Waals surface area contributed by atoms with Gasteiger partial charge in [-0.3, -0.25) is 0 Å². The molecule has 0 atom stereocenters. The smallest absolute Gasteiger partial charge is 0.152 e. The van der Waals surface area contributed by atoms with Crippen LogP contribution in [-0.2, 0) is 11.2 Å². The summed E-state index contributed by atoms with van der Waals surface area (Å²) in [6.07, 6.45) is 18.9. The van der Waals surface area contributed by atoms with Gasteiger partial charge < -0.3 is 14.1 Å². The second kappa shape index (κ2) is 11.5. The van der Waals surface area contributed by atoms with Crippen LogP contribution in [0.3, 0.4) is 0 Å². The summed E-state index contributed by atoms with van der Waals surface area (Å²) in [7, 11) is 1.67. The summed E-state index contributed by atoms with van der Waals surface area (Å²) in [5.74, 6) is 1.51. The van der Waals surface area contributed by atoms with Crippen LogP contribution >= 0.6 is 0 Å². The van der Waals surface area contributed by atoms with Crippen molar-refractivity contribution in [3.63, 3.8) is 0 Å². The molecule has 1 aliphatic rings. The fraction of sp³-hybridized carbons (Fsp3) is 0.480. The van der Waals surface area contributed by atoms with Gasteiger partial charge in [-0.2, -0.15) is 0 Å². The van der Waals surface area contributed by atoms with E-state index in [2.05, 4.69) is 29.0 Å². The Hall–Kier alpha value is -2.49. The zero-order valence-electron chi connectivity index (χ0n) is 17.9. The number of hydrogen-bond acceptors (Lipinski definition) is 3. The molecule has 156 valence electrons. The summed E-state index contributed by atoms with van der Waals surface area (Å²) in [5.41, 5.74) is 3.95. The van der Waals surface area contributed by atoms with E-state index in [-0.39, 0.29) is 0 Å². The molecular formula is C25H34N2O2. The average molecular weight is 395 g/mol. The molecule has 4 nitrogen and oxygen atoms in total. The molecule has 1 aliphatic heterocycles. The highest BCUT2D eigenvalue weighted by molar-refractivity contribution is 6.10. The van der Waals surface area contributed by atoms with Crippen LogP contribution in [0.2, 0.25) is 0 Å². The minimum atomic E-state index is 0.750. The Bertz CT molecular complexity index is 825. The molecular weight excluding hydrogens is 360 g/mol. The number of rotatable bonds is 13. The lowest BCUT2D eigenvalue weighted by atomic mass is 10.1. The first kappa shape index (κ1) is 21.2. The summed E-state index contributed by atoms with van der Waals surface area (Å²) in [4.78, 5) is 8.16. The number of ether oxygens (including phenoxy) is 1. The van der Waals surface area contributed by atoms with Crippen molar-refractivity contribution in [1.82, 2.24) is 4.98 Å². The maximum Gasteiger partial charge on any atom is 0.152 e. The van der Waals surface area contributed by atoms with Crippen LogP contribution in [0, 0.1) is 0 Å². The van der Waals surface area contributed by atoms with Gasteiger partial charge in [0.25, 0.3) is 0 Å².